The van der Waals surface area contributed by atoms with E-state index in [0.29, 0.717) is 0 Å². The average Bonchev–Trinajstić information content (AvgIpc) is 2.65. The molecule has 2 N–H and O–H groups in total. The van der Waals surface area contributed by atoms with Crippen molar-refractivity contribution in [2.75, 3.05) is 13.1 Å². The van der Waals surface area contributed by atoms with Crippen molar-refractivity contribution in [2.45, 2.75) is 50.0 Å². The normalized spacial score (nSPS) is 14.7. The highest BCUT2D eigenvalue weighted by Crippen LogP contribution is 2.24. The number of hydrogen-bond donors (Lipinski definition) is 2. The van der Waals surface area contributed by atoms with Crippen molar-refractivity contribution in [1.82, 2.24) is 10.0 Å². The first-order valence-corrected chi connectivity index (χ1v) is 10.5. The Morgan fingerprint density at radius 3 is 2.67 bits per heavy atom. The smallest absolute Gasteiger partial charge is 0.307 e. The second-order valence-corrected chi connectivity index (χ2v) is 8.22. The van der Waals surface area contributed by atoms with Gasteiger partial charge in [-0.1, -0.05) is 12.1 Å². The average molecular weight is 394 g/mol. The molecule has 148 valence electrons. The fourth-order valence-electron chi connectivity index (χ4n) is 2.87. The lowest BCUT2D eigenvalue weighted by molar-refractivity contribution is -0.154. The summed E-state index contributed by atoms with van der Waals surface area (Å²) in [6.07, 6.45) is 4.46. The Balaban J connectivity index is 1.84. The van der Waals surface area contributed by atoms with E-state index < -0.39 is 28.0 Å². The van der Waals surface area contributed by atoms with Crippen molar-refractivity contribution in [3.05, 3.63) is 42.0 Å². The fraction of sp³-hybridized carbons (Fsp3) is 0.474. The molecule has 0 aliphatic heterocycles. The van der Waals surface area contributed by atoms with Crippen LogP contribution in [0.2, 0.25) is 0 Å². The summed E-state index contributed by atoms with van der Waals surface area (Å²) in [6, 6.07) is 5.17. The van der Waals surface area contributed by atoms with Crippen LogP contribution < -0.4 is 10.0 Å². The van der Waals surface area contributed by atoms with Crippen LogP contribution in [-0.2, 0) is 37.2 Å². The largest absolute Gasteiger partial charge is 0.453 e. The number of fused-ring (bicyclic) bond motifs is 1. The molecule has 1 aliphatic carbocycles. The van der Waals surface area contributed by atoms with E-state index in [9.17, 15) is 18.0 Å². The minimum Gasteiger partial charge on any atom is -0.453 e. The molecular formula is C19H26N2O5S. The molecule has 2 rings (SSSR count). The van der Waals surface area contributed by atoms with E-state index in [1.807, 2.05) is 6.07 Å². The first kappa shape index (κ1) is 21.1. The number of amides is 1. The summed E-state index contributed by atoms with van der Waals surface area (Å²) < 4.78 is 32.2. The maximum Gasteiger partial charge on any atom is 0.307 e. The van der Waals surface area contributed by atoms with E-state index in [4.69, 9.17) is 4.74 Å². The van der Waals surface area contributed by atoms with Crippen molar-refractivity contribution in [2.24, 2.45) is 0 Å². The number of aryl methyl sites for hydroxylation is 2. The second kappa shape index (κ2) is 9.66. The number of benzene rings is 1. The highest BCUT2D eigenvalue weighted by molar-refractivity contribution is 7.89. The van der Waals surface area contributed by atoms with Gasteiger partial charge in [0.2, 0.25) is 10.0 Å². The van der Waals surface area contributed by atoms with Crippen LogP contribution in [0.15, 0.2) is 35.7 Å². The molecule has 1 aromatic rings. The third-order valence-electron chi connectivity index (χ3n) is 4.35. The maximum atomic E-state index is 12.4. The molecule has 0 radical (unpaired) electrons. The molecule has 1 amide bonds. The zero-order chi connectivity index (χ0) is 19.9. The molecule has 0 aromatic heterocycles. The van der Waals surface area contributed by atoms with Crippen LogP contribution in [0.4, 0.5) is 0 Å². The monoisotopic (exact) mass is 394 g/mol. The number of esters is 1. The zero-order valence-electron chi connectivity index (χ0n) is 15.5. The van der Waals surface area contributed by atoms with Gasteiger partial charge in [0.05, 0.1) is 11.3 Å². The molecule has 0 fully saturated rings. The van der Waals surface area contributed by atoms with Crippen LogP contribution in [0.5, 0.6) is 0 Å². The molecule has 0 unspecified atom stereocenters. The minimum atomic E-state index is -3.69. The fourth-order valence-corrected chi connectivity index (χ4v) is 3.96. The lowest BCUT2D eigenvalue weighted by Crippen LogP contribution is -2.36. The van der Waals surface area contributed by atoms with Crippen LogP contribution in [0, 0.1) is 0 Å². The summed E-state index contributed by atoms with van der Waals surface area (Å²) in [6.45, 7) is 5.11. The molecule has 8 heteroatoms. The molecule has 27 heavy (non-hydrogen) atoms. The first-order valence-electron chi connectivity index (χ1n) is 9.03. The van der Waals surface area contributed by atoms with E-state index >= 15 is 0 Å². The van der Waals surface area contributed by atoms with Gasteiger partial charge in [-0.15, -0.1) is 6.58 Å². The quantitative estimate of drug-likeness (QED) is 0.488. The van der Waals surface area contributed by atoms with Gasteiger partial charge in [-0.2, -0.15) is 0 Å². The number of rotatable bonds is 9. The van der Waals surface area contributed by atoms with Crippen LogP contribution in [0.25, 0.3) is 0 Å². The number of sulfonamides is 1. The molecule has 0 saturated carbocycles. The Hall–Kier alpha value is -2.19. The van der Waals surface area contributed by atoms with E-state index in [2.05, 4.69) is 16.6 Å². The zero-order valence-corrected chi connectivity index (χ0v) is 16.3. The predicted octanol–water partition coefficient (Wildman–Crippen LogP) is 1.47. The minimum absolute atomic E-state index is 0.0980. The van der Waals surface area contributed by atoms with Crippen molar-refractivity contribution >= 4 is 21.9 Å². The van der Waals surface area contributed by atoms with E-state index in [0.717, 1.165) is 31.2 Å². The summed E-state index contributed by atoms with van der Waals surface area (Å²) >= 11 is 0. The number of carbonyl (C=O) groups excluding carboxylic acids is 2. The molecule has 0 heterocycles. The summed E-state index contributed by atoms with van der Waals surface area (Å²) in [4.78, 5) is 23.6. The second-order valence-electron chi connectivity index (χ2n) is 6.45. The standard InChI is InChI=1S/C19H26N2O5S/c1-3-11-20-19(23)14(2)26-18(22)10-12-21-27(24,25)17-9-8-15-6-4-5-7-16(15)13-17/h3,8-9,13-14,21H,1,4-7,10-12H2,2H3,(H,20,23)/t14-/m1/s1. The summed E-state index contributed by atoms with van der Waals surface area (Å²) in [5.74, 6) is -1.08. The van der Waals surface area contributed by atoms with Gasteiger partial charge in [-0.25, -0.2) is 13.1 Å². The highest BCUT2D eigenvalue weighted by atomic mass is 32.2. The van der Waals surface area contributed by atoms with Gasteiger partial charge in [-0.3, -0.25) is 9.59 Å². The van der Waals surface area contributed by atoms with Crippen LogP contribution in [0.1, 0.15) is 37.3 Å². The van der Waals surface area contributed by atoms with Crippen LogP contribution >= 0.6 is 0 Å². The van der Waals surface area contributed by atoms with Gasteiger partial charge in [-0.05, 0) is 55.9 Å². The highest BCUT2D eigenvalue weighted by Gasteiger charge is 2.20. The lowest BCUT2D eigenvalue weighted by atomic mass is 9.92. The Morgan fingerprint density at radius 1 is 1.26 bits per heavy atom. The van der Waals surface area contributed by atoms with Gasteiger partial charge >= 0.3 is 5.97 Å². The van der Waals surface area contributed by atoms with Crippen LogP contribution in [-0.4, -0.2) is 39.5 Å². The van der Waals surface area contributed by atoms with Crippen LogP contribution in [0.3, 0.4) is 0 Å². The Kier molecular flexibility index (Phi) is 7.55. The summed E-state index contributed by atoms with van der Waals surface area (Å²) in [7, 11) is -3.69. The molecule has 7 nitrogen and oxygen atoms in total. The number of nitrogens with one attached hydrogen (secondary N) is 2. The van der Waals surface area contributed by atoms with E-state index in [-0.39, 0.29) is 24.4 Å². The summed E-state index contributed by atoms with van der Waals surface area (Å²) in [5.41, 5.74) is 2.27. The van der Waals surface area contributed by atoms with Crippen molar-refractivity contribution in [3.8, 4) is 0 Å². The van der Waals surface area contributed by atoms with E-state index in [1.54, 1.807) is 12.1 Å². The Labute approximate surface area is 160 Å². The molecule has 1 atom stereocenters. The Morgan fingerprint density at radius 2 is 1.96 bits per heavy atom. The number of ether oxygens (including phenoxy) is 1. The topological polar surface area (TPSA) is 102 Å². The third-order valence-corrected chi connectivity index (χ3v) is 5.81. The van der Waals surface area contributed by atoms with E-state index in [1.165, 1.54) is 18.6 Å². The van der Waals surface area contributed by atoms with Gasteiger partial charge in [0.1, 0.15) is 0 Å². The molecule has 0 bridgehead atoms. The van der Waals surface area contributed by atoms with Gasteiger partial charge in [0, 0.05) is 13.1 Å². The molecule has 0 spiro atoms. The molecule has 1 aromatic carbocycles. The lowest BCUT2D eigenvalue weighted by Gasteiger charge is -2.17. The summed E-state index contributed by atoms with van der Waals surface area (Å²) in [5, 5.41) is 2.52. The van der Waals surface area contributed by atoms with Gasteiger partial charge < -0.3 is 10.1 Å². The van der Waals surface area contributed by atoms with Crippen molar-refractivity contribution in [1.29, 1.82) is 0 Å². The molecule has 1 aliphatic rings. The number of hydrogen-bond acceptors (Lipinski definition) is 5. The molecule has 0 saturated heterocycles. The first-order chi connectivity index (χ1) is 12.8. The third kappa shape index (κ3) is 6.18. The van der Waals surface area contributed by atoms with Crippen molar-refractivity contribution in [3.63, 3.8) is 0 Å². The molecular weight excluding hydrogens is 368 g/mol. The SMILES string of the molecule is C=CCNC(=O)[C@@H](C)OC(=O)CCNS(=O)(=O)c1ccc2c(c1)CCCC2. The maximum absolute atomic E-state index is 12.4. The van der Waals surface area contributed by atoms with Gasteiger partial charge in [0.25, 0.3) is 5.91 Å². The Bertz CT molecular complexity index is 804. The predicted molar refractivity (Wildman–Crippen MR) is 102 cm³/mol. The number of carbonyl (C=O) groups is 2. The van der Waals surface area contributed by atoms with Crippen molar-refractivity contribution < 1.29 is 22.7 Å². The van der Waals surface area contributed by atoms with Gasteiger partial charge in [0.15, 0.2) is 6.10 Å².